The Balaban J connectivity index is 0.00000338. The Morgan fingerprint density at radius 2 is 2.00 bits per heavy atom. The summed E-state index contributed by atoms with van der Waals surface area (Å²) in [5, 5.41) is 10.7. The van der Waals surface area contributed by atoms with Gasteiger partial charge in [-0.1, -0.05) is 19.0 Å². The number of guanidine groups is 1. The highest BCUT2D eigenvalue weighted by molar-refractivity contribution is 14.0. The molecule has 0 radical (unpaired) electrons. The number of nitrogens with one attached hydrogen (secondary N) is 2. The Kier molecular flexibility index (Phi) is 10.5. The number of aliphatic imine (C=N–C) groups is 1. The smallest absolute Gasteiger partial charge is 0.191 e. The molecule has 1 saturated heterocycles. The number of aromatic nitrogens is 1. The molecule has 2 rings (SSSR count). The minimum Gasteiger partial charge on any atom is -0.373 e. The summed E-state index contributed by atoms with van der Waals surface area (Å²) < 4.78 is 11.1. The predicted octanol–water partition coefficient (Wildman–Crippen LogP) is 2.58. The maximum Gasteiger partial charge on any atom is 0.191 e. The van der Waals surface area contributed by atoms with E-state index in [1.807, 2.05) is 6.07 Å². The Labute approximate surface area is 174 Å². The standard InChI is InChI=1S/C18H33N5O2.HI/c1-13(2)17-9-16(25-22-17)10-21-18(19-5)20-7-6-8-23-11-14(3)24-15(4)12-23;/h9,13-15H,6-8,10-12H2,1-5H3,(H2,19,20,21);1H. The van der Waals surface area contributed by atoms with Gasteiger partial charge in [0.15, 0.2) is 11.7 Å². The highest BCUT2D eigenvalue weighted by atomic mass is 127. The zero-order valence-electron chi connectivity index (χ0n) is 16.6. The van der Waals surface area contributed by atoms with Gasteiger partial charge in [-0.15, -0.1) is 24.0 Å². The zero-order chi connectivity index (χ0) is 18.2. The van der Waals surface area contributed by atoms with Gasteiger partial charge in [0, 0.05) is 39.3 Å². The summed E-state index contributed by atoms with van der Waals surface area (Å²) in [5.74, 6) is 1.98. The maximum absolute atomic E-state index is 5.77. The fraction of sp³-hybridized carbons (Fsp3) is 0.778. The van der Waals surface area contributed by atoms with Crippen molar-refractivity contribution in [1.29, 1.82) is 0 Å². The van der Waals surface area contributed by atoms with Crippen LogP contribution in [0.1, 0.15) is 51.5 Å². The van der Waals surface area contributed by atoms with Crippen LogP contribution in [-0.2, 0) is 11.3 Å². The molecule has 7 nitrogen and oxygen atoms in total. The maximum atomic E-state index is 5.77. The van der Waals surface area contributed by atoms with Crippen molar-refractivity contribution in [2.75, 3.05) is 33.2 Å². The number of hydrogen-bond acceptors (Lipinski definition) is 5. The van der Waals surface area contributed by atoms with Crippen molar-refractivity contribution in [2.45, 2.75) is 58.8 Å². The van der Waals surface area contributed by atoms with E-state index >= 15 is 0 Å². The summed E-state index contributed by atoms with van der Waals surface area (Å²) in [5.41, 5.74) is 0.980. The lowest BCUT2D eigenvalue weighted by atomic mass is 10.1. The number of rotatable bonds is 7. The molecule has 26 heavy (non-hydrogen) atoms. The highest BCUT2D eigenvalue weighted by Gasteiger charge is 2.21. The SMILES string of the molecule is CN=C(NCCCN1CC(C)OC(C)C1)NCc1cc(C(C)C)no1.I. The third kappa shape index (κ3) is 7.79. The lowest BCUT2D eigenvalue weighted by molar-refractivity contribution is -0.0679. The zero-order valence-corrected chi connectivity index (χ0v) is 18.9. The molecule has 1 aromatic rings. The van der Waals surface area contributed by atoms with E-state index in [1.165, 1.54) is 0 Å². The third-order valence-electron chi connectivity index (χ3n) is 4.26. The Hall–Kier alpha value is -0.870. The van der Waals surface area contributed by atoms with Gasteiger partial charge < -0.3 is 19.9 Å². The fourth-order valence-corrected chi connectivity index (χ4v) is 3.05. The minimum absolute atomic E-state index is 0. The largest absolute Gasteiger partial charge is 0.373 e. The molecule has 2 heterocycles. The molecule has 8 heteroatoms. The molecule has 0 aliphatic carbocycles. The first-order valence-electron chi connectivity index (χ1n) is 9.25. The Morgan fingerprint density at radius 3 is 2.58 bits per heavy atom. The molecule has 0 aromatic carbocycles. The molecule has 150 valence electrons. The first-order valence-corrected chi connectivity index (χ1v) is 9.25. The van der Waals surface area contributed by atoms with Crippen LogP contribution >= 0.6 is 24.0 Å². The van der Waals surface area contributed by atoms with Gasteiger partial charge in [0.2, 0.25) is 0 Å². The summed E-state index contributed by atoms with van der Waals surface area (Å²) in [7, 11) is 1.78. The van der Waals surface area contributed by atoms with Crippen molar-refractivity contribution in [1.82, 2.24) is 20.7 Å². The molecular weight excluding hydrogens is 445 g/mol. The van der Waals surface area contributed by atoms with Gasteiger partial charge in [-0.05, 0) is 26.2 Å². The summed E-state index contributed by atoms with van der Waals surface area (Å²) >= 11 is 0. The van der Waals surface area contributed by atoms with Gasteiger partial charge in [-0.3, -0.25) is 9.89 Å². The van der Waals surface area contributed by atoms with Crippen LogP contribution in [0.2, 0.25) is 0 Å². The van der Waals surface area contributed by atoms with Crippen LogP contribution in [0.4, 0.5) is 0 Å². The Morgan fingerprint density at radius 1 is 1.31 bits per heavy atom. The summed E-state index contributed by atoms with van der Waals surface area (Å²) in [6.07, 6.45) is 1.72. The molecule has 1 fully saturated rings. The topological polar surface area (TPSA) is 74.9 Å². The molecule has 1 aliphatic heterocycles. The van der Waals surface area contributed by atoms with Crippen LogP contribution < -0.4 is 10.6 Å². The monoisotopic (exact) mass is 479 g/mol. The molecule has 0 spiro atoms. The van der Waals surface area contributed by atoms with E-state index in [-0.39, 0.29) is 24.0 Å². The molecule has 0 saturated carbocycles. The fourth-order valence-electron chi connectivity index (χ4n) is 3.05. The second-order valence-electron chi connectivity index (χ2n) is 7.10. The molecule has 0 amide bonds. The molecule has 1 aromatic heterocycles. The average Bonchev–Trinajstić information content (AvgIpc) is 3.02. The summed E-state index contributed by atoms with van der Waals surface area (Å²) in [4.78, 5) is 6.72. The van der Waals surface area contributed by atoms with Crippen molar-refractivity contribution in [2.24, 2.45) is 4.99 Å². The lowest BCUT2D eigenvalue weighted by Gasteiger charge is -2.35. The van der Waals surface area contributed by atoms with Gasteiger partial charge in [0.25, 0.3) is 0 Å². The van der Waals surface area contributed by atoms with Crippen LogP contribution in [-0.4, -0.2) is 61.5 Å². The average molecular weight is 479 g/mol. The van der Waals surface area contributed by atoms with Gasteiger partial charge in [0.1, 0.15) is 0 Å². The summed E-state index contributed by atoms with van der Waals surface area (Å²) in [6, 6.07) is 1.99. The van der Waals surface area contributed by atoms with Crippen LogP contribution in [0.5, 0.6) is 0 Å². The third-order valence-corrected chi connectivity index (χ3v) is 4.26. The first kappa shape index (κ1) is 23.2. The highest BCUT2D eigenvalue weighted by Crippen LogP contribution is 2.13. The normalized spacial score (nSPS) is 21.5. The van der Waals surface area contributed by atoms with Crippen LogP contribution in [0.25, 0.3) is 0 Å². The molecule has 2 N–H and O–H groups in total. The summed E-state index contributed by atoms with van der Waals surface area (Å²) in [6.45, 7) is 13.0. The molecule has 1 aliphatic rings. The van der Waals surface area contributed by atoms with Gasteiger partial charge >= 0.3 is 0 Å². The number of halogens is 1. The molecular formula is C18H34IN5O2. The molecule has 2 atom stereocenters. The van der Waals surface area contributed by atoms with Crippen molar-refractivity contribution < 1.29 is 9.26 Å². The molecule has 0 bridgehead atoms. The second kappa shape index (κ2) is 11.8. The van der Waals surface area contributed by atoms with E-state index in [1.54, 1.807) is 7.05 Å². The number of morpholine rings is 1. The lowest BCUT2D eigenvalue weighted by Crippen LogP contribution is -2.46. The van der Waals surface area contributed by atoms with Crippen molar-refractivity contribution in [3.8, 4) is 0 Å². The number of nitrogens with zero attached hydrogens (tertiary/aromatic N) is 3. The van der Waals surface area contributed by atoms with E-state index < -0.39 is 0 Å². The quantitative estimate of drug-likeness (QED) is 0.271. The van der Waals surface area contributed by atoms with Crippen molar-refractivity contribution in [3.05, 3.63) is 17.5 Å². The number of ether oxygens (including phenoxy) is 1. The predicted molar refractivity (Wildman–Crippen MR) is 115 cm³/mol. The van der Waals surface area contributed by atoms with Crippen LogP contribution in [0.15, 0.2) is 15.6 Å². The number of hydrogen-bond donors (Lipinski definition) is 2. The second-order valence-corrected chi connectivity index (χ2v) is 7.10. The van der Waals surface area contributed by atoms with Gasteiger partial charge in [-0.25, -0.2) is 0 Å². The van der Waals surface area contributed by atoms with E-state index in [4.69, 9.17) is 9.26 Å². The minimum atomic E-state index is 0. The van der Waals surface area contributed by atoms with Gasteiger partial charge in [-0.2, -0.15) is 0 Å². The van der Waals surface area contributed by atoms with Crippen LogP contribution in [0.3, 0.4) is 0 Å². The Bertz CT molecular complexity index is 539. The van der Waals surface area contributed by atoms with E-state index in [0.717, 1.165) is 50.0 Å². The van der Waals surface area contributed by atoms with Crippen molar-refractivity contribution in [3.63, 3.8) is 0 Å². The van der Waals surface area contributed by atoms with E-state index in [0.29, 0.717) is 24.7 Å². The van der Waals surface area contributed by atoms with E-state index in [9.17, 15) is 0 Å². The van der Waals surface area contributed by atoms with Gasteiger partial charge in [0.05, 0.1) is 24.4 Å². The van der Waals surface area contributed by atoms with Crippen LogP contribution in [0, 0.1) is 0 Å². The van der Waals surface area contributed by atoms with Crippen molar-refractivity contribution >= 4 is 29.9 Å². The van der Waals surface area contributed by atoms with E-state index in [2.05, 4.69) is 53.4 Å². The molecule has 2 unspecified atom stereocenters. The first-order chi connectivity index (χ1) is 12.0.